The summed E-state index contributed by atoms with van der Waals surface area (Å²) in [6, 6.07) is 0.0755. The molecule has 0 spiro atoms. The van der Waals surface area contributed by atoms with Gasteiger partial charge in [0.2, 0.25) is 15.8 Å². The van der Waals surface area contributed by atoms with Crippen molar-refractivity contribution in [2.24, 2.45) is 0 Å². The Morgan fingerprint density at radius 2 is 2.17 bits per heavy atom. The van der Waals surface area contributed by atoms with Crippen LogP contribution in [0.5, 0.6) is 0 Å². The molecule has 1 aromatic heterocycles. The number of nitrogens with zero attached hydrogens (tertiary/aromatic N) is 2. The highest BCUT2D eigenvalue weighted by Crippen LogP contribution is 2.25. The van der Waals surface area contributed by atoms with E-state index in [0.29, 0.717) is 5.69 Å². The number of methoxy groups -OCH3 is 2. The van der Waals surface area contributed by atoms with E-state index in [-0.39, 0.29) is 17.5 Å². The maximum atomic E-state index is 12.5. The standard InChI is InChI=1S/C14H23N3O5S/c1-10(2)17-8-12(11(3)16-17)23(18,19)15-9-14(21-5)7-6-13(20-4)22-14/h6-8,10,13,15H,9H2,1-5H3. The predicted octanol–water partition coefficient (Wildman–Crippen LogP) is 0.952. The van der Waals surface area contributed by atoms with Gasteiger partial charge in [0.05, 0.1) is 12.2 Å². The topological polar surface area (TPSA) is 91.7 Å². The quantitative estimate of drug-likeness (QED) is 0.740. The van der Waals surface area contributed by atoms with Gasteiger partial charge in [-0.2, -0.15) is 5.10 Å². The smallest absolute Gasteiger partial charge is 0.244 e. The summed E-state index contributed by atoms with van der Waals surface area (Å²) in [5, 5.41) is 4.22. The molecular formula is C14H23N3O5S. The predicted molar refractivity (Wildman–Crippen MR) is 83.3 cm³/mol. The summed E-state index contributed by atoms with van der Waals surface area (Å²) in [6.45, 7) is 5.44. The van der Waals surface area contributed by atoms with Crippen molar-refractivity contribution in [3.05, 3.63) is 24.0 Å². The van der Waals surface area contributed by atoms with Crippen LogP contribution in [0.4, 0.5) is 0 Å². The zero-order chi connectivity index (χ0) is 17.3. The number of hydrogen-bond acceptors (Lipinski definition) is 6. The van der Waals surface area contributed by atoms with Gasteiger partial charge in [-0.25, -0.2) is 13.1 Å². The van der Waals surface area contributed by atoms with Crippen LogP contribution in [-0.2, 0) is 24.2 Å². The Kier molecular flexibility index (Phi) is 5.27. The van der Waals surface area contributed by atoms with E-state index in [4.69, 9.17) is 14.2 Å². The van der Waals surface area contributed by atoms with Crippen molar-refractivity contribution in [1.29, 1.82) is 0 Å². The summed E-state index contributed by atoms with van der Waals surface area (Å²) < 4.78 is 45.1. The molecule has 1 aliphatic heterocycles. The molecule has 0 aromatic carbocycles. The van der Waals surface area contributed by atoms with Crippen LogP contribution in [0.25, 0.3) is 0 Å². The van der Waals surface area contributed by atoms with E-state index >= 15 is 0 Å². The van der Waals surface area contributed by atoms with Crippen molar-refractivity contribution in [2.75, 3.05) is 20.8 Å². The van der Waals surface area contributed by atoms with Crippen molar-refractivity contribution in [3.63, 3.8) is 0 Å². The molecule has 0 aliphatic carbocycles. The summed E-state index contributed by atoms with van der Waals surface area (Å²) >= 11 is 0. The minimum Gasteiger partial charge on any atom is -0.352 e. The van der Waals surface area contributed by atoms with Gasteiger partial charge in [-0.05, 0) is 32.9 Å². The lowest BCUT2D eigenvalue weighted by Crippen LogP contribution is -2.44. The van der Waals surface area contributed by atoms with E-state index in [1.54, 1.807) is 23.8 Å². The molecule has 0 fully saturated rings. The average Bonchev–Trinajstić information content (AvgIpc) is 3.10. The van der Waals surface area contributed by atoms with E-state index in [9.17, 15) is 8.42 Å². The Hall–Kier alpha value is -1.26. The lowest BCUT2D eigenvalue weighted by Gasteiger charge is -2.27. The third kappa shape index (κ3) is 3.81. The SMILES string of the molecule is COC1C=CC(CNS(=O)(=O)c2cn(C(C)C)nc2C)(OC)O1. The summed E-state index contributed by atoms with van der Waals surface area (Å²) in [5.41, 5.74) is 0.440. The van der Waals surface area contributed by atoms with Crippen LogP contribution < -0.4 is 4.72 Å². The van der Waals surface area contributed by atoms with Crippen LogP contribution >= 0.6 is 0 Å². The molecule has 2 atom stereocenters. The lowest BCUT2D eigenvalue weighted by molar-refractivity contribution is -0.237. The Bertz CT molecular complexity index is 683. The molecule has 2 rings (SSSR count). The summed E-state index contributed by atoms with van der Waals surface area (Å²) in [4.78, 5) is 0.141. The first-order chi connectivity index (χ1) is 10.7. The van der Waals surface area contributed by atoms with Gasteiger partial charge < -0.3 is 14.2 Å². The lowest BCUT2D eigenvalue weighted by atomic mass is 10.3. The summed E-state index contributed by atoms with van der Waals surface area (Å²) in [6.07, 6.45) is 4.25. The van der Waals surface area contributed by atoms with Crippen molar-refractivity contribution in [3.8, 4) is 0 Å². The molecule has 1 aromatic rings. The molecule has 0 bridgehead atoms. The van der Waals surface area contributed by atoms with Gasteiger partial charge in [0.15, 0.2) is 6.29 Å². The summed E-state index contributed by atoms with van der Waals surface area (Å²) in [5.74, 6) is -1.18. The van der Waals surface area contributed by atoms with E-state index in [0.717, 1.165) is 0 Å². The average molecular weight is 345 g/mol. The van der Waals surface area contributed by atoms with Gasteiger partial charge >= 0.3 is 0 Å². The molecule has 0 radical (unpaired) electrons. The monoisotopic (exact) mass is 345 g/mol. The Morgan fingerprint density at radius 1 is 1.48 bits per heavy atom. The molecule has 8 nitrogen and oxygen atoms in total. The molecule has 0 saturated heterocycles. The molecule has 2 unspecified atom stereocenters. The van der Waals surface area contributed by atoms with Crippen molar-refractivity contribution < 1.29 is 22.6 Å². The number of aromatic nitrogens is 2. The zero-order valence-corrected chi connectivity index (χ0v) is 14.8. The van der Waals surface area contributed by atoms with E-state index in [1.165, 1.54) is 20.4 Å². The van der Waals surface area contributed by atoms with Gasteiger partial charge in [0.1, 0.15) is 4.90 Å². The fourth-order valence-corrected chi connectivity index (χ4v) is 3.41. The number of hydrogen-bond donors (Lipinski definition) is 1. The number of rotatable bonds is 7. The fourth-order valence-electron chi connectivity index (χ4n) is 2.18. The van der Waals surface area contributed by atoms with Crippen LogP contribution in [0, 0.1) is 6.92 Å². The zero-order valence-electron chi connectivity index (χ0n) is 13.9. The van der Waals surface area contributed by atoms with Gasteiger partial charge in [-0.1, -0.05) is 0 Å². The normalized spacial score (nSPS) is 24.7. The van der Waals surface area contributed by atoms with Crippen LogP contribution in [0.2, 0.25) is 0 Å². The molecule has 0 amide bonds. The molecule has 23 heavy (non-hydrogen) atoms. The maximum Gasteiger partial charge on any atom is 0.244 e. The van der Waals surface area contributed by atoms with Crippen molar-refractivity contribution in [1.82, 2.24) is 14.5 Å². The third-order valence-corrected chi connectivity index (χ3v) is 5.10. The Morgan fingerprint density at radius 3 is 2.65 bits per heavy atom. The maximum absolute atomic E-state index is 12.5. The Labute approximate surface area is 136 Å². The fraction of sp³-hybridized carbons (Fsp3) is 0.643. The van der Waals surface area contributed by atoms with Gasteiger partial charge in [0.25, 0.3) is 0 Å². The van der Waals surface area contributed by atoms with E-state index in [1.807, 2.05) is 13.8 Å². The van der Waals surface area contributed by atoms with E-state index < -0.39 is 22.1 Å². The highest BCUT2D eigenvalue weighted by Gasteiger charge is 2.37. The largest absolute Gasteiger partial charge is 0.352 e. The molecule has 1 N–H and O–H groups in total. The number of nitrogens with one attached hydrogen (secondary N) is 1. The number of ether oxygens (including phenoxy) is 3. The molecule has 2 heterocycles. The van der Waals surface area contributed by atoms with Gasteiger partial charge in [-0.3, -0.25) is 4.68 Å². The second-order valence-electron chi connectivity index (χ2n) is 5.57. The van der Waals surface area contributed by atoms with E-state index in [2.05, 4.69) is 9.82 Å². The highest BCUT2D eigenvalue weighted by molar-refractivity contribution is 7.89. The second kappa shape index (κ2) is 6.70. The van der Waals surface area contributed by atoms with Gasteiger partial charge in [0, 0.05) is 26.5 Å². The minimum absolute atomic E-state index is 0.0749. The molecule has 9 heteroatoms. The van der Waals surface area contributed by atoms with Crippen LogP contribution in [0.15, 0.2) is 23.2 Å². The first kappa shape index (κ1) is 18.1. The van der Waals surface area contributed by atoms with Crippen LogP contribution in [0.3, 0.4) is 0 Å². The summed E-state index contributed by atoms with van der Waals surface area (Å²) in [7, 11) is -0.794. The highest BCUT2D eigenvalue weighted by atomic mass is 32.2. The Balaban J connectivity index is 2.14. The van der Waals surface area contributed by atoms with Crippen molar-refractivity contribution in [2.45, 2.75) is 43.8 Å². The first-order valence-electron chi connectivity index (χ1n) is 7.23. The van der Waals surface area contributed by atoms with Crippen LogP contribution in [0.1, 0.15) is 25.6 Å². The molecule has 130 valence electrons. The van der Waals surface area contributed by atoms with Gasteiger partial charge in [-0.15, -0.1) is 0 Å². The minimum atomic E-state index is -3.73. The van der Waals surface area contributed by atoms with Crippen LogP contribution in [-0.4, -0.2) is 51.0 Å². The molecular weight excluding hydrogens is 322 g/mol. The first-order valence-corrected chi connectivity index (χ1v) is 8.72. The third-order valence-electron chi connectivity index (χ3n) is 3.60. The molecule has 1 aliphatic rings. The second-order valence-corrected chi connectivity index (χ2v) is 7.31. The molecule has 0 saturated carbocycles. The number of aryl methyl sites for hydroxylation is 1. The number of sulfonamides is 1. The van der Waals surface area contributed by atoms with Crippen molar-refractivity contribution >= 4 is 10.0 Å².